The maximum absolute atomic E-state index is 12.1. The molecule has 1 fully saturated rings. The quantitative estimate of drug-likeness (QED) is 0.858. The predicted octanol–water partition coefficient (Wildman–Crippen LogP) is 2.52. The number of thioether (sulfide) groups is 1. The molecule has 1 aliphatic carbocycles. The van der Waals surface area contributed by atoms with E-state index in [0.717, 1.165) is 23.8 Å². The van der Waals surface area contributed by atoms with Crippen molar-refractivity contribution in [1.82, 2.24) is 14.8 Å². The monoisotopic (exact) mass is 313 g/mol. The number of nitriles is 1. The van der Waals surface area contributed by atoms with Crippen LogP contribution in [0.2, 0.25) is 0 Å². The Hall–Kier alpha value is -2.33. The lowest BCUT2D eigenvalue weighted by molar-refractivity contribution is -0.113. The second kappa shape index (κ2) is 6.20. The summed E-state index contributed by atoms with van der Waals surface area (Å²) in [5.74, 6) is 0.973. The Morgan fingerprint density at radius 2 is 2.23 bits per heavy atom. The molecule has 0 radical (unpaired) electrons. The minimum atomic E-state index is -0.157. The summed E-state index contributed by atoms with van der Waals surface area (Å²) < 4.78 is 2.10. The first kappa shape index (κ1) is 14.6. The Bertz CT molecular complexity index is 745. The van der Waals surface area contributed by atoms with Crippen LogP contribution in [0.15, 0.2) is 29.4 Å². The Labute approximate surface area is 132 Å². The van der Waals surface area contributed by atoms with Gasteiger partial charge in [-0.3, -0.25) is 4.79 Å². The minimum absolute atomic E-state index is 0.157. The summed E-state index contributed by atoms with van der Waals surface area (Å²) in [7, 11) is 0. The van der Waals surface area contributed by atoms with Gasteiger partial charge in [0.1, 0.15) is 11.9 Å². The van der Waals surface area contributed by atoms with Gasteiger partial charge in [0.15, 0.2) is 5.16 Å². The van der Waals surface area contributed by atoms with Gasteiger partial charge in [-0.15, -0.1) is 10.2 Å². The Morgan fingerprint density at radius 3 is 2.95 bits per heavy atom. The van der Waals surface area contributed by atoms with Gasteiger partial charge >= 0.3 is 0 Å². The van der Waals surface area contributed by atoms with Gasteiger partial charge < -0.3 is 9.88 Å². The summed E-state index contributed by atoms with van der Waals surface area (Å²) in [4.78, 5) is 12.1. The van der Waals surface area contributed by atoms with E-state index in [2.05, 4.69) is 26.2 Å². The molecule has 6 nitrogen and oxygen atoms in total. The highest BCUT2D eigenvalue weighted by molar-refractivity contribution is 7.99. The molecule has 0 unspecified atom stereocenters. The molecular weight excluding hydrogens is 298 g/mol. The fourth-order valence-electron chi connectivity index (χ4n) is 2.21. The molecule has 0 spiro atoms. The van der Waals surface area contributed by atoms with Crippen LogP contribution in [0.4, 0.5) is 5.69 Å². The van der Waals surface area contributed by atoms with Crippen molar-refractivity contribution < 1.29 is 4.79 Å². The highest BCUT2D eigenvalue weighted by atomic mass is 32.2. The van der Waals surface area contributed by atoms with E-state index in [1.54, 1.807) is 24.3 Å². The van der Waals surface area contributed by atoms with Crippen molar-refractivity contribution in [3.63, 3.8) is 0 Å². The number of aryl methyl sites for hydroxylation is 1. The summed E-state index contributed by atoms with van der Waals surface area (Å²) in [5, 5.41) is 20.8. The third kappa shape index (κ3) is 3.12. The molecule has 1 saturated carbocycles. The third-order valence-corrected chi connectivity index (χ3v) is 4.34. The van der Waals surface area contributed by atoms with Gasteiger partial charge in [0.2, 0.25) is 5.91 Å². The summed E-state index contributed by atoms with van der Waals surface area (Å²) in [5.41, 5.74) is 0.994. The Kier molecular flexibility index (Phi) is 4.11. The summed E-state index contributed by atoms with van der Waals surface area (Å²) in [6.45, 7) is 1.93. The zero-order chi connectivity index (χ0) is 15.5. The highest BCUT2D eigenvalue weighted by Gasteiger charge is 2.28. The standard InChI is InChI=1S/C15H15N5OS/c1-10-18-19-15(20(10)12-6-7-12)22-9-14(21)17-13-5-3-2-4-11(13)8-16/h2-5,12H,6-7,9H2,1H3,(H,17,21). The lowest BCUT2D eigenvalue weighted by Gasteiger charge is -2.08. The van der Waals surface area contributed by atoms with Crippen molar-refractivity contribution in [2.24, 2.45) is 0 Å². The number of amides is 1. The average Bonchev–Trinajstić information content (AvgIpc) is 3.29. The zero-order valence-corrected chi connectivity index (χ0v) is 12.9. The molecule has 0 atom stereocenters. The van der Waals surface area contributed by atoms with Gasteiger partial charge in [-0.1, -0.05) is 23.9 Å². The van der Waals surface area contributed by atoms with Gasteiger partial charge in [-0.2, -0.15) is 5.26 Å². The first-order valence-electron chi connectivity index (χ1n) is 7.02. The van der Waals surface area contributed by atoms with E-state index in [9.17, 15) is 4.79 Å². The van der Waals surface area contributed by atoms with E-state index in [-0.39, 0.29) is 11.7 Å². The number of aromatic nitrogens is 3. The lowest BCUT2D eigenvalue weighted by atomic mass is 10.2. The first-order valence-corrected chi connectivity index (χ1v) is 8.01. The highest BCUT2D eigenvalue weighted by Crippen LogP contribution is 2.38. The van der Waals surface area contributed by atoms with Crippen LogP contribution in [0.25, 0.3) is 0 Å². The van der Waals surface area contributed by atoms with E-state index in [1.165, 1.54) is 11.8 Å². The smallest absolute Gasteiger partial charge is 0.234 e. The predicted molar refractivity (Wildman–Crippen MR) is 83.5 cm³/mol. The Balaban J connectivity index is 1.62. The number of para-hydroxylation sites is 1. The molecule has 1 aromatic heterocycles. The number of carbonyl (C=O) groups is 1. The van der Waals surface area contributed by atoms with Crippen LogP contribution in [-0.2, 0) is 4.79 Å². The topological polar surface area (TPSA) is 83.6 Å². The Morgan fingerprint density at radius 1 is 1.45 bits per heavy atom. The number of benzene rings is 1. The molecule has 1 aromatic carbocycles. The second-order valence-corrected chi connectivity index (χ2v) is 6.07. The van der Waals surface area contributed by atoms with Crippen LogP contribution in [-0.4, -0.2) is 26.4 Å². The largest absolute Gasteiger partial charge is 0.324 e. The molecule has 1 amide bonds. The number of rotatable bonds is 5. The minimum Gasteiger partial charge on any atom is -0.324 e. The SMILES string of the molecule is Cc1nnc(SCC(=O)Nc2ccccc2C#N)n1C1CC1. The van der Waals surface area contributed by atoms with Crippen LogP contribution < -0.4 is 5.32 Å². The van der Waals surface area contributed by atoms with Crippen LogP contribution in [0, 0.1) is 18.3 Å². The molecule has 7 heteroatoms. The van der Waals surface area contributed by atoms with Crippen molar-refractivity contribution >= 4 is 23.4 Å². The molecule has 0 bridgehead atoms. The van der Waals surface area contributed by atoms with Gasteiger partial charge in [0.05, 0.1) is 17.0 Å². The second-order valence-electron chi connectivity index (χ2n) is 5.13. The van der Waals surface area contributed by atoms with Crippen molar-refractivity contribution in [2.75, 3.05) is 11.1 Å². The molecular formula is C15H15N5OS. The van der Waals surface area contributed by atoms with Crippen molar-refractivity contribution in [3.05, 3.63) is 35.7 Å². The van der Waals surface area contributed by atoms with Gasteiger partial charge in [-0.05, 0) is 31.9 Å². The number of anilines is 1. The van der Waals surface area contributed by atoms with E-state index in [1.807, 2.05) is 6.92 Å². The molecule has 3 rings (SSSR count). The average molecular weight is 313 g/mol. The first-order chi connectivity index (χ1) is 10.7. The molecule has 2 aromatic rings. The van der Waals surface area contributed by atoms with Gasteiger partial charge in [0.25, 0.3) is 0 Å². The fraction of sp³-hybridized carbons (Fsp3) is 0.333. The summed E-state index contributed by atoms with van der Waals surface area (Å²) in [6.07, 6.45) is 2.29. The molecule has 0 saturated heterocycles. The zero-order valence-electron chi connectivity index (χ0n) is 12.1. The van der Waals surface area contributed by atoms with E-state index >= 15 is 0 Å². The van der Waals surface area contributed by atoms with E-state index in [0.29, 0.717) is 17.3 Å². The van der Waals surface area contributed by atoms with E-state index < -0.39 is 0 Å². The van der Waals surface area contributed by atoms with Gasteiger partial charge in [-0.25, -0.2) is 0 Å². The van der Waals surface area contributed by atoms with Crippen LogP contribution in [0.1, 0.15) is 30.3 Å². The molecule has 22 heavy (non-hydrogen) atoms. The van der Waals surface area contributed by atoms with Crippen molar-refractivity contribution in [1.29, 1.82) is 5.26 Å². The number of nitrogens with one attached hydrogen (secondary N) is 1. The summed E-state index contributed by atoms with van der Waals surface area (Å²) >= 11 is 1.37. The number of carbonyl (C=O) groups excluding carboxylic acids is 1. The molecule has 1 aliphatic rings. The maximum atomic E-state index is 12.1. The third-order valence-electron chi connectivity index (χ3n) is 3.40. The normalized spacial score (nSPS) is 13.6. The fourth-order valence-corrected chi connectivity index (χ4v) is 3.06. The van der Waals surface area contributed by atoms with Crippen molar-refractivity contribution in [2.45, 2.75) is 31.0 Å². The molecule has 0 aliphatic heterocycles. The van der Waals surface area contributed by atoms with Crippen molar-refractivity contribution in [3.8, 4) is 6.07 Å². The van der Waals surface area contributed by atoms with Crippen LogP contribution in [0.5, 0.6) is 0 Å². The maximum Gasteiger partial charge on any atom is 0.234 e. The summed E-state index contributed by atoms with van der Waals surface area (Å²) in [6, 6.07) is 9.50. The molecule has 1 heterocycles. The molecule has 1 N–H and O–H groups in total. The lowest BCUT2D eigenvalue weighted by Crippen LogP contribution is -2.15. The number of hydrogen-bond donors (Lipinski definition) is 1. The van der Waals surface area contributed by atoms with E-state index in [4.69, 9.17) is 5.26 Å². The number of hydrogen-bond acceptors (Lipinski definition) is 5. The number of nitrogens with zero attached hydrogens (tertiary/aromatic N) is 4. The van der Waals surface area contributed by atoms with Crippen LogP contribution in [0.3, 0.4) is 0 Å². The molecule has 112 valence electrons. The van der Waals surface area contributed by atoms with Crippen LogP contribution >= 0.6 is 11.8 Å². The van der Waals surface area contributed by atoms with Gasteiger partial charge in [0, 0.05) is 6.04 Å².